The van der Waals surface area contributed by atoms with E-state index in [2.05, 4.69) is 21.4 Å². The second-order valence-corrected chi connectivity index (χ2v) is 6.39. The van der Waals surface area contributed by atoms with Crippen LogP contribution in [0.5, 0.6) is 0 Å². The maximum atomic E-state index is 13.2. The van der Waals surface area contributed by atoms with Gasteiger partial charge in [-0.05, 0) is 64.2 Å². The molecule has 3 N–H and O–H groups in total. The summed E-state index contributed by atoms with van der Waals surface area (Å²) in [5.74, 6) is 5.33. The molecule has 2 aromatic carbocycles. The zero-order valence-electron chi connectivity index (χ0n) is 11.0. The number of hydrogen-bond donors (Lipinski definition) is 2. The van der Waals surface area contributed by atoms with Crippen LogP contribution in [-0.2, 0) is 12.8 Å². The molecule has 112 valence electrons. The topological polar surface area (TPSA) is 38.0 Å². The Morgan fingerprint density at radius 3 is 2.38 bits per heavy atom. The minimum atomic E-state index is -0.287. The molecule has 0 heterocycles. The van der Waals surface area contributed by atoms with Crippen LogP contribution in [0.4, 0.5) is 4.39 Å². The molecule has 0 amide bonds. The summed E-state index contributed by atoms with van der Waals surface area (Å²) in [6.07, 6.45) is 1.22. The second kappa shape index (κ2) is 7.56. The Morgan fingerprint density at radius 2 is 1.81 bits per heavy atom. The molecule has 21 heavy (non-hydrogen) atoms. The monoisotopic (exact) mass is 390 g/mol. The number of hydrogen-bond acceptors (Lipinski definition) is 2. The van der Waals surface area contributed by atoms with E-state index in [1.807, 2.05) is 0 Å². The molecule has 2 rings (SSSR count). The Balaban J connectivity index is 2.15. The third-order valence-electron chi connectivity index (χ3n) is 3.21. The predicted molar refractivity (Wildman–Crippen MR) is 89.1 cm³/mol. The number of rotatable bonds is 5. The fraction of sp³-hybridized carbons (Fsp3) is 0.200. The molecule has 1 atom stereocenters. The zero-order valence-corrected chi connectivity index (χ0v) is 14.1. The van der Waals surface area contributed by atoms with Gasteiger partial charge in [-0.1, -0.05) is 35.3 Å². The Hall–Kier alpha value is -0.650. The number of nitrogens with one attached hydrogen (secondary N) is 1. The van der Waals surface area contributed by atoms with Gasteiger partial charge in [-0.15, -0.1) is 0 Å². The third-order valence-corrected chi connectivity index (χ3v) is 4.53. The molecule has 2 nitrogen and oxygen atoms in total. The molecule has 6 heteroatoms. The first-order valence-electron chi connectivity index (χ1n) is 6.34. The molecule has 0 aliphatic heterocycles. The molecular weight excluding hydrogens is 378 g/mol. The van der Waals surface area contributed by atoms with E-state index in [1.54, 1.807) is 30.3 Å². The fourth-order valence-electron chi connectivity index (χ4n) is 2.11. The highest BCUT2D eigenvalue weighted by Crippen LogP contribution is 2.26. The average molecular weight is 392 g/mol. The summed E-state index contributed by atoms with van der Waals surface area (Å²) in [6.45, 7) is 0. The molecule has 0 aromatic heterocycles. The summed E-state index contributed by atoms with van der Waals surface area (Å²) in [7, 11) is 0. The van der Waals surface area contributed by atoms with E-state index < -0.39 is 0 Å². The van der Waals surface area contributed by atoms with Crippen LogP contribution in [-0.4, -0.2) is 6.04 Å². The first-order chi connectivity index (χ1) is 10.0. The van der Waals surface area contributed by atoms with Gasteiger partial charge in [0.15, 0.2) is 0 Å². The molecule has 0 saturated carbocycles. The Bertz CT molecular complexity index is 617. The zero-order chi connectivity index (χ0) is 15.4. The van der Waals surface area contributed by atoms with Crippen molar-refractivity contribution in [2.45, 2.75) is 18.9 Å². The molecule has 0 saturated heterocycles. The van der Waals surface area contributed by atoms with Crippen LogP contribution in [0.1, 0.15) is 11.1 Å². The van der Waals surface area contributed by atoms with Crippen molar-refractivity contribution in [3.63, 3.8) is 0 Å². The number of hydrazine groups is 1. The highest BCUT2D eigenvalue weighted by molar-refractivity contribution is 9.10. The summed E-state index contributed by atoms with van der Waals surface area (Å²) < 4.78 is 13.7. The quantitative estimate of drug-likeness (QED) is 0.581. The van der Waals surface area contributed by atoms with Gasteiger partial charge in [-0.25, -0.2) is 4.39 Å². The summed E-state index contributed by atoms with van der Waals surface area (Å²) in [5.41, 5.74) is 4.58. The molecule has 1 unspecified atom stereocenters. The van der Waals surface area contributed by atoms with E-state index in [4.69, 9.17) is 29.0 Å². The van der Waals surface area contributed by atoms with Crippen LogP contribution in [0.15, 0.2) is 40.9 Å². The molecular formula is C15H14BrCl2FN2. The normalized spacial score (nSPS) is 12.4. The highest BCUT2D eigenvalue weighted by atomic mass is 79.9. The van der Waals surface area contributed by atoms with E-state index in [0.29, 0.717) is 27.4 Å². The lowest BCUT2D eigenvalue weighted by molar-refractivity contribution is 0.521. The Morgan fingerprint density at radius 1 is 1.14 bits per heavy atom. The Labute approximate surface area is 141 Å². The van der Waals surface area contributed by atoms with Gasteiger partial charge in [0, 0.05) is 16.1 Å². The van der Waals surface area contributed by atoms with Crippen molar-refractivity contribution in [2.24, 2.45) is 5.84 Å². The second-order valence-electron chi connectivity index (χ2n) is 4.72. The van der Waals surface area contributed by atoms with Crippen molar-refractivity contribution in [3.05, 3.63) is 67.9 Å². The standard InChI is InChI=1S/C15H14BrCl2FN2/c16-12-7-9(4-5-15(12)19)6-10(21-20)8-11-13(17)2-1-3-14(11)18/h1-5,7,10,21H,6,8,20H2. The minimum Gasteiger partial charge on any atom is -0.271 e. The van der Waals surface area contributed by atoms with Gasteiger partial charge in [-0.2, -0.15) is 0 Å². The van der Waals surface area contributed by atoms with Crippen molar-refractivity contribution >= 4 is 39.1 Å². The SMILES string of the molecule is NNC(Cc1ccc(F)c(Br)c1)Cc1c(Cl)cccc1Cl. The van der Waals surface area contributed by atoms with Gasteiger partial charge in [0.25, 0.3) is 0 Å². The van der Waals surface area contributed by atoms with Crippen molar-refractivity contribution in [2.75, 3.05) is 0 Å². The van der Waals surface area contributed by atoms with Crippen molar-refractivity contribution < 1.29 is 4.39 Å². The number of benzene rings is 2. The molecule has 0 radical (unpaired) electrons. The van der Waals surface area contributed by atoms with Crippen LogP contribution in [0.25, 0.3) is 0 Å². The van der Waals surface area contributed by atoms with Crippen molar-refractivity contribution in [1.82, 2.24) is 5.43 Å². The summed E-state index contributed by atoms with van der Waals surface area (Å²) >= 11 is 15.5. The van der Waals surface area contributed by atoms with Gasteiger partial charge in [0.05, 0.1) is 4.47 Å². The van der Waals surface area contributed by atoms with Gasteiger partial charge in [0.1, 0.15) is 5.82 Å². The molecule has 0 bridgehead atoms. The van der Waals surface area contributed by atoms with E-state index in [-0.39, 0.29) is 11.9 Å². The van der Waals surface area contributed by atoms with Gasteiger partial charge in [-0.3, -0.25) is 11.3 Å². The first kappa shape index (κ1) is 16.7. The maximum absolute atomic E-state index is 13.2. The van der Waals surface area contributed by atoms with Crippen molar-refractivity contribution in [1.29, 1.82) is 0 Å². The Kier molecular flexibility index (Phi) is 6.02. The highest BCUT2D eigenvalue weighted by Gasteiger charge is 2.14. The van der Waals surface area contributed by atoms with Crippen LogP contribution in [0, 0.1) is 5.82 Å². The fourth-order valence-corrected chi connectivity index (χ4v) is 3.09. The van der Waals surface area contributed by atoms with Crippen molar-refractivity contribution in [3.8, 4) is 0 Å². The van der Waals surface area contributed by atoms with Crippen LogP contribution in [0.2, 0.25) is 10.0 Å². The summed E-state index contributed by atoms with van der Waals surface area (Å²) in [4.78, 5) is 0. The van der Waals surface area contributed by atoms with E-state index in [0.717, 1.165) is 11.1 Å². The smallest absolute Gasteiger partial charge is 0.137 e. The average Bonchev–Trinajstić information content (AvgIpc) is 2.45. The van der Waals surface area contributed by atoms with E-state index in [9.17, 15) is 4.39 Å². The molecule has 0 fully saturated rings. The lowest BCUT2D eigenvalue weighted by Crippen LogP contribution is -2.38. The summed E-state index contributed by atoms with van der Waals surface area (Å²) in [6, 6.07) is 10.2. The van der Waals surface area contributed by atoms with Crippen LogP contribution < -0.4 is 11.3 Å². The van der Waals surface area contributed by atoms with E-state index >= 15 is 0 Å². The molecule has 0 aliphatic carbocycles. The van der Waals surface area contributed by atoms with Gasteiger partial charge >= 0.3 is 0 Å². The summed E-state index contributed by atoms with van der Waals surface area (Å²) in [5, 5.41) is 1.23. The lowest BCUT2D eigenvalue weighted by atomic mass is 9.99. The van der Waals surface area contributed by atoms with Crippen LogP contribution >= 0.6 is 39.1 Å². The largest absolute Gasteiger partial charge is 0.271 e. The predicted octanol–water partition coefficient (Wildman–Crippen LogP) is 4.51. The minimum absolute atomic E-state index is 0.0558. The number of halogens is 4. The maximum Gasteiger partial charge on any atom is 0.137 e. The lowest BCUT2D eigenvalue weighted by Gasteiger charge is -2.18. The van der Waals surface area contributed by atoms with E-state index in [1.165, 1.54) is 6.07 Å². The number of nitrogens with two attached hydrogens (primary N) is 1. The molecule has 2 aromatic rings. The molecule has 0 spiro atoms. The van der Waals surface area contributed by atoms with Gasteiger partial charge in [0.2, 0.25) is 0 Å². The van der Waals surface area contributed by atoms with Gasteiger partial charge < -0.3 is 0 Å². The molecule has 0 aliphatic rings. The third kappa shape index (κ3) is 4.41. The first-order valence-corrected chi connectivity index (χ1v) is 7.89. The van der Waals surface area contributed by atoms with Crippen LogP contribution in [0.3, 0.4) is 0 Å².